The number of carbonyl (C=O) groups excluding carboxylic acids is 1. The van der Waals surface area contributed by atoms with Crippen molar-refractivity contribution in [3.05, 3.63) is 72.1 Å². The zero-order chi connectivity index (χ0) is 17.9. The highest BCUT2D eigenvalue weighted by atomic mass is 16.1. The summed E-state index contributed by atoms with van der Waals surface area (Å²) in [5.41, 5.74) is 5.16. The van der Waals surface area contributed by atoms with Crippen LogP contribution in [-0.4, -0.2) is 15.9 Å². The molecular formula is C22H21N3O. The third kappa shape index (κ3) is 3.31. The van der Waals surface area contributed by atoms with Crippen molar-refractivity contribution in [1.29, 1.82) is 0 Å². The van der Waals surface area contributed by atoms with E-state index in [-0.39, 0.29) is 5.91 Å². The van der Waals surface area contributed by atoms with Crippen molar-refractivity contribution in [3.8, 4) is 0 Å². The lowest BCUT2D eigenvalue weighted by Gasteiger charge is -2.06. The van der Waals surface area contributed by atoms with E-state index in [1.165, 1.54) is 10.9 Å². The van der Waals surface area contributed by atoms with Crippen molar-refractivity contribution >= 4 is 33.4 Å². The Labute approximate surface area is 152 Å². The van der Waals surface area contributed by atoms with Crippen LogP contribution in [0.1, 0.15) is 24.6 Å². The minimum atomic E-state index is 0.00933. The lowest BCUT2D eigenvalue weighted by molar-refractivity contribution is -0.116. The Bertz CT molecular complexity index is 1060. The first kappa shape index (κ1) is 16.3. The second-order valence-corrected chi connectivity index (χ2v) is 6.49. The quantitative estimate of drug-likeness (QED) is 0.544. The van der Waals surface area contributed by atoms with E-state index in [9.17, 15) is 4.79 Å². The number of benzene rings is 2. The summed E-state index contributed by atoms with van der Waals surface area (Å²) in [6, 6.07) is 18.3. The van der Waals surface area contributed by atoms with Crippen molar-refractivity contribution in [2.75, 3.05) is 5.32 Å². The fourth-order valence-corrected chi connectivity index (χ4v) is 3.22. The van der Waals surface area contributed by atoms with Crippen molar-refractivity contribution in [1.82, 2.24) is 9.97 Å². The highest BCUT2D eigenvalue weighted by Gasteiger charge is 2.08. The highest BCUT2D eigenvalue weighted by Crippen LogP contribution is 2.25. The monoisotopic (exact) mass is 343 g/mol. The summed E-state index contributed by atoms with van der Waals surface area (Å²) in [5.74, 6) is 0.00933. The molecule has 0 saturated heterocycles. The number of carbonyl (C=O) groups is 1. The van der Waals surface area contributed by atoms with Gasteiger partial charge in [-0.25, -0.2) is 0 Å². The van der Waals surface area contributed by atoms with E-state index in [0.29, 0.717) is 12.8 Å². The molecule has 0 fully saturated rings. The Hall–Kier alpha value is -3.14. The molecule has 26 heavy (non-hydrogen) atoms. The van der Waals surface area contributed by atoms with Crippen LogP contribution < -0.4 is 5.32 Å². The van der Waals surface area contributed by atoms with Gasteiger partial charge in [-0.1, -0.05) is 37.3 Å². The van der Waals surface area contributed by atoms with Crippen molar-refractivity contribution in [2.45, 2.75) is 26.2 Å². The van der Waals surface area contributed by atoms with Crippen molar-refractivity contribution in [3.63, 3.8) is 0 Å². The van der Waals surface area contributed by atoms with E-state index in [4.69, 9.17) is 0 Å². The summed E-state index contributed by atoms with van der Waals surface area (Å²) >= 11 is 0. The molecule has 2 N–H and O–H groups in total. The molecule has 1 amide bonds. The van der Waals surface area contributed by atoms with Gasteiger partial charge in [0.2, 0.25) is 5.91 Å². The predicted octanol–water partition coefficient (Wildman–Crippen LogP) is 4.85. The number of hydrogen-bond acceptors (Lipinski definition) is 2. The van der Waals surface area contributed by atoms with Crippen LogP contribution in [0.15, 0.2) is 60.8 Å². The maximum absolute atomic E-state index is 12.2. The topological polar surface area (TPSA) is 57.8 Å². The average Bonchev–Trinajstić information content (AvgIpc) is 3.05. The van der Waals surface area contributed by atoms with Gasteiger partial charge in [-0.2, -0.15) is 0 Å². The van der Waals surface area contributed by atoms with Crippen LogP contribution in [0.4, 0.5) is 5.69 Å². The van der Waals surface area contributed by atoms with Gasteiger partial charge in [0.05, 0.1) is 11.7 Å². The molecule has 4 rings (SSSR count). The number of aromatic nitrogens is 2. The fourth-order valence-electron chi connectivity index (χ4n) is 3.22. The minimum Gasteiger partial charge on any atom is -0.353 e. The van der Waals surface area contributed by atoms with Crippen LogP contribution in [0.25, 0.3) is 21.8 Å². The Morgan fingerprint density at radius 3 is 2.65 bits per heavy atom. The Morgan fingerprint density at radius 1 is 1.04 bits per heavy atom. The number of aromatic amines is 1. The molecule has 0 aliphatic heterocycles. The maximum atomic E-state index is 12.2. The molecule has 0 aliphatic carbocycles. The molecule has 0 bridgehead atoms. The summed E-state index contributed by atoms with van der Waals surface area (Å²) in [6.45, 7) is 2.12. The van der Waals surface area contributed by atoms with Gasteiger partial charge in [0.15, 0.2) is 0 Å². The zero-order valence-electron chi connectivity index (χ0n) is 14.8. The molecular weight excluding hydrogens is 322 g/mol. The van der Waals surface area contributed by atoms with Crippen LogP contribution in [0.3, 0.4) is 0 Å². The van der Waals surface area contributed by atoms with Crippen molar-refractivity contribution < 1.29 is 4.79 Å². The van der Waals surface area contributed by atoms with Gasteiger partial charge >= 0.3 is 0 Å². The van der Waals surface area contributed by atoms with Crippen LogP contribution in [-0.2, 0) is 17.6 Å². The molecule has 130 valence electrons. The molecule has 0 spiro atoms. The molecule has 0 atom stereocenters. The number of fused-ring (bicyclic) bond motifs is 3. The molecule has 2 aromatic carbocycles. The highest BCUT2D eigenvalue weighted by molar-refractivity contribution is 6.07. The number of nitrogens with zero attached hydrogens (tertiary/aromatic N) is 1. The number of H-pyrrole nitrogens is 1. The van der Waals surface area contributed by atoms with Gasteiger partial charge in [0.25, 0.3) is 0 Å². The van der Waals surface area contributed by atoms with Gasteiger partial charge in [-0.3, -0.25) is 9.78 Å². The minimum absolute atomic E-state index is 0.00933. The number of anilines is 1. The summed E-state index contributed by atoms with van der Waals surface area (Å²) in [5, 5.41) is 5.29. The number of rotatable bonds is 5. The number of aryl methyl sites for hydroxylation is 2. The molecule has 4 heteroatoms. The molecule has 4 nitrogen and oxygen atoms in total. The summed E-state index contributed by atoms with van der Waals surface area (Å²) in [7, 11) is 0. The molecule has 4 aromatic rings. The first-order chi connectivity index (χ1) is 12.7. The molecule has 0 saturated carbocycles. The number of hydrogen-bond donors (Lipinski definition) is 2. The van der Waals surface area contributed by atoms with Gasteiger partial charge in [0.1, 0.15) is 0 Å². The van der Waals surface area contributed by atoms with Crippen LogP contribution in [0.5, 0.6) is 0 Å². The third-order valence-corrected chi connectivity index (χ3v) is 4.70. The largest absolute Gasteiger partial charge is 0.353 e. The lowest BCUT2D eigenvalue weighted by atomic mass is 10.1. The summed E-state index contributed by atoms with van der Waals surface area (Å²) in [4.78, 5) is 20.1. The van der Waals surface area contributed by atoms with Gasteiger partial charge < -0.3 is 10.3 Å². The number of para-hydroxylation sites is 1. The summed E-state index contributed by atoms with van der Waals surface area (Å²) < 4.78 is 0. The Kier molecular flexibility index (Phi) is 4.40. The van der Waals surface area contributed by atoms with Crippen molar-refractivity contribution in [2.24, 2.45) is 0 Å². The zero-order valence-corrected chi connectivity index (χ0v) is 14.8. The Balaban J connectivity index is 1.45. The molecule has 2 heterocycles. The molecule has 0 aliphatic rings. The fraction of sp³-hybridized carbons (Fsp3) is 0.182. The Morgan fingerprint density at radius 2 is 1.85 bits per heavy atom. The van der Waals surface area contributed by atoms with E-state index in [1.54, 1.807) is 0 Å². The van der Waals surface area contributed by atoms with Gasteiger partial charge in [-0.05, 0) is 42.7 Å². The van der Waals surface area contributed by atoms with Gasteiger partial charge in [0, 0.05) is 34.1 Å². The smallest absolute Gasteiger partial charge is 0.224 e. The predicted molar refractivity (Wildman–Crippen MR) is 106 cm³/mol. The molecule has 0 radical (unpaired) electrons. The first-order valence-corrected chi connectivity index (χ1v) is 8.97. The van der Waals surface area contributed by atoms with Crippen LogP contribution in [0.2, 0.25) is 0 Å². The standard InChI is InChI=1S/C22H21N3O/c1-2-15-7-9-16(10-8-15)24-22(26)12-11-17-13-19-18-5-3-4-6-20(18)25-21(19)14-23-17/h3-10,13-14,25H,2,11-12H2,1H3,(H,24,26). The van der Waals surface area contributed by atoms with E-state index < -0.39 is 0 Å². The van der Waals surface area contributed by atoms with Crippen LogP contribution in [0, 0.1) is 0 Å². The van der Waals surface area contributed by atoms with E-state index >= 15 is 0 Å². The lowest BCUT2D eigenvalue weighted by Crippen LogP contribution is -2.12. The second kappa shape index (κ2) is 7.00. The van der Waals surface area contributed by atoms with E-state index in [2.05, 4.69) is 40.4 Å². The average molecular weight is 343 g/mol. The summed E-state index contributed by atoms with van der Waals surface area (Å²) in [6.07, 6.45) is 3.88. The van der Waals surface area contributed by atoms with E-state index in [0.717, 1.165) is 34.2 Å². The van der Waals surface area contributed by atoms with Crippen LogP contribution >= 0.6 is 0 Å². The second-order valence-electron chi connectivity index (χ2n) is 6.49. The number of nitrogens with one attached hydrogen (secondary N) is 2. The molecule has 0 unspecified atom stereocenters. The third-order valence-electron chi connectivity index (χ3n) is 4.70. The number of pyridine rings is 1. The number of amides is 1. The van der Waals surface area contributed by atoms with Gasteiger partial charge in [-0.15, -0.1) is 0 Å². The normalized spacial score (nSPS) is 11.1. The SMILES string of the molecule is CCc1ccc(NC(=O)CCc2cc3c(cn2)[nH]c2ccccc23)cc1. The molecule has 2 aromatic heterocycles. The van der Waals surface area contributed by atoms with E-state index in [1.807, 2.05) is 42.6 Å². The first-order valence-electron chi connectivity index (χ1n) is 8.97. The maximum Gasteiger partial charge on any atom is 0.224 e.